The van der Waals surface area contributed by atoms with Gasteiger partial charge in [0.25, 0.3) is 0 Å². The van der Waals surface area contributed by atoms with Gasteiger partial charge in [0, 0.05) is 18.2 Å². The molecule has 21 heavy (non-hydrogen) atoms. The fourth-order valence-electron chi connectivity index (χ4n) is 1.74. The van der Waals surface area contributed by atoms with Gasteiger partial charge in [0.2, 0.25) is 5.91 Å². The van der Waals surface area contributed by atoms with Crippen molar-refractivity contribution < 1.29 is 19.4 Å². The maximum absolute atomic E-state index is 12.0. The predicted octanol–water partition coefficient (Wildman–Crippen LogP) is 3.40. The molecular formula is C16H23NO4. The second-order valence-corrected chi connectivity index (χ2v) is 6.24. The van der Waals surface area contributed by atoms with Gasteiger partial charge in [-0.2, -0.15) is 0 Å². The maximum Gasteiger partial charge on any atom is 0.339 e. The van der Waals surface area contributed by atoms with E-state index in [0.717, 1.165) is 0 Å². The lowest BCUT2D eigenvalue weighted by molar-refractivity contribution is -0.117. The Hall–Kier alpha value is -2.04. The van der Waals surface area contributed by atoms with Crippen molar-refractivity contribution >= 4 is 17.6 Å². The third kappa shape index (κ3) is 4.77. The first kappa shape index (κ1) is 17.0. The van der Waals surface area contributed by atoms with E-state index in [9.17, 15) is 9.59 Å². The molecule has 2 N–H and O–H groups in total. The number of ether oxygens (including phenoxy) is 1. The third-order valence-electron chi connectivity index (χ3n) is 3.69. The number of methoxy groups -OCH3 is 1. The Kier molecular flexibility index (Phi) is 5.35. The molecular weight excluding hydrogens is 270 g/mol. The second-order valence-electron chi connectivity index (χ2n) is 6.24. The molecule has 1 amide bonds. The van der Waals surface area contributed by atoms with Crippen LogP contribution in [0.15, 0.2) is 18.2 Å². The van der Waals surface area contributed by atoms with Crippen LogP contribution in [0.1, 0.15) is 44.5 Å². The summed E-state index contributed by atoms with van der Waals surface area (Å²) in [6, 6.07) is 4.50. The van der Waals surface area contributed by atoms with Crippen LogP contribution < -0.4 is 10.1 Å². The number of rotatable bonds is 5. The SMILES string of the molecule is COc1cc(NC(=O)CC(C)C(C)(C)C)ccc1C(=O)O. The zero-order valence-corrected chi connectivity index (χ0v) is 13.2. The van der Waals surface area contributed by atoms with E-state index in [0.29, 0.717) is 12.1 Å². The Bertz CT molecular complexity index is 532. The minimum Gasteiger partial charge on any atom is -0.496 e. The number of carbonyl (C=O) groups excluding carboxylic acids is 1. The van der Waals surface area contributed by atoms with Crippen molar-refractivity contribution in [1.29, 1.82) is 0 Å². The standard InChI is InChI=1S/C16H23NO4/c1-10(16(2,3)4)8-14(18)17-11-6-7-12(15(19)20)13(9-11)21-5/h6-7,9-10H,8H2,1-5H3,(H,17,18)(H,19,20). The lowest BCUT2D eigenvalue weighted by Crippen LogP contribution is -2.23. The number of anilines is 1. The highest BCUT2D eigenvalue weighted by atomic mass is 16.5. The van der Waals surface area contributed by atoms with Gasteiger partial charge in [-0.1, -0.05) is 27.7 Å². The molecule has 0 bridgehead atoms. The summed E-state index contributed by atoms with van der Waals surface area (Å²) in [6.07, 6.45) is 0.409. The molecule has 5 heteroatoms. The van der Waals surface area contributed by atoms with Gasteiger partial charge in [-0.3, -0.25) is 4.79 Å². The fraction of sp³-hybridized carbons (Fsp3) is 0.500. The lowest BCUT2D eigenvalue weighted by atomic mass is 9.80. The molecule has 0 radical (unpaired) electrons. The molecule has 1 aromatic rings. The molecule has 0 aliphatic heterocycles. The first-order valence-corrected chi connectivity index (χ1v) is 6.86. The number of carboxylic acid groups (broad SMARTS) is 1. The van der Waals surface area contributed by atoms with E-state index >= 15 is 0 Å². The van der Waals surface area contributed by atoms with Crippen LogP contribution >= 0.6 is 0 Å². The lowest BCUT2D eigenvalue weighted by Gasteiger charge is -2.26. The summed E-state index contributed by atoms with van der Waals surface area (Å²) in [7, 11) is 1.40. The molecule has 0 heterocycles. The van der Waals surface area contributed by atoms with Gasteiger partial charge < -0.3 is 15.2 Å². The summed E-state index contributed by atoms with van der Waals surface area (Å²) >= 11 is 0. The highest BCUT2D eigenvalue weighted by Gasteiger charge is 2.22. The number of nitrogens with one attached hydrogen (secondary N) is 1. The molecule has 116 valence electrons. The van der Waals surface area contributed by atoms with Crippen molar-refractivity contribution in [2.45, 2.75) is 34.1 Å². The van der Waals surface area contributed by atoms with Gasteiger partial charge in [-0.25, -0.2) is 4.79 Å². The van der Waals surface area contributed by atoms with Crippen LogP contribution in [0, 0.1) is 11.3 Å². The highest BCUT2D eigenvalue weighted by molar-refractivity contribution is 5.94. The number of carbonyl (C=O) groups is 2. The highest BCUT2D eigenvalue weighted by Crippen LogP contribution is 2.29. The average Bonchev–Trinajstić information content (AvgIpc) is 2.36. The predicted molar refractivity (Wildman–Crippen MR) is 81.8 cm³/mol. The number of benzene rings is 1. The number of hydrogen-bond donors (Lipinski definition) is 2. The molecule has 1 rings (SSSR count). The molecule has 0 spiro atoms. The first-order valence-electron chi connectivity index (χ1n) is 6.86. The van der Waals surface area contributed by atoms with E-state index < -0.39 is 5.97 Å². The van der Waals surface area contributed by atoms with Crippen LogP contribution in [-0.2, 0) is 4.79 Å². The van der Waals surface area contributed by atoms with Crippen molar-refractivity contribution in [3.05, 3.63) is 23.8 Å². The van der Waals surface area contributed by atoms with Crippen molar-refractivity contribution in [2.24, 2.45) is 11.3 Å². The topological polar surface area (TPSA) is 75.6 Å². The van der Waals surface area contributed by atoms with E-state index in [-0.39, 0.29) is 28.6 Å². The molecule has 1 atom stereocenters. The smallest absolute Gasteiger partial charge is 0.339 e. The molecule has 0 aliphatic rings. The molecule has 5 nitrogen and oxygen atoms in total. The van der Waals surface area contributed by atoms with E-state index in [1.54, 1.807) is 6.07 Å². The van der Waals surface area contributed by atoms with Gasteiger partial charge in [-0.15, -0.1) is 0 Å². The first-order chi connectivity index (χ1) is 9.65. The molecule has 0 aromatic heterocycles. The number of hydrogen-bond acceptors (Lipinski definition) is 3. The summed E-state index contributed by atoms with van der Waals surface area (Å²) in [5.74, 6) is -0.699. The Morgan fingerprint density at radius 1 is 1.33 bits per heavy atom. The van der Waals surface area contributed by atoms with Gasteiger partial charge in [-0.05, 0) is 23.5 Å². The zero-order chi connectivity index (χ0) is 16.2. The minimum absolute atomic E-state index is 0.0577. The zero-order valence-electron chi connectivity index (χ0n) is 13.2. The largest absolute Gasteiger partial charge is 0.496 e. The summed E-state index contributed by atoms with van der Waals surface area (Å²) in [6.45, 7) is 8.31. The van der Waals surface area contributed by atoms with E-state index in [1.807, 2.05) is 6.92 Å². The minimum atomic E-state index is -1.06. The number of carboxylic acids is 1. The van der Waals surface area contributed by atoms with Gasteiger partial charge in [0.1, 0.15) is 11.3 Å². The molecule has 1 aromatic carbocycles. The Morgan fingerprint density at radius 2 is 1.95 bits per heavy atom. The van der Waals surface area contributed by atoms with Crippen molar-refractivity contribution in [1.82, 2.24) is 0 Å². The van der Waals surface area contributed by atoms with Gasteiger partial charge in [0.05, 0.1) is 7.11 Å². The van der Waals surface area contributed by atoms with Crippen LogP contribution in [0.3, 0.4) is 0 Å². The Balaban J connectivity index is 2.80. The molecule has 0 aliphatic carbocycles. The summed E-state index contributed by atoms with van der Waals surface area (Å²) < 4.78 is 5.03. The third-order valence-corrected chi connectivity index (χ3v) is 3.69. The summed E-state index contributed by atoms with van der Waals surface area (Å²) in [5, 5.41) is 11.8. The van der Waals surface area contributed by atoms with Gasteiger partial charge >= 0.3 is 5.97 Å². The Labute approximate surface area is 125 Å². The number of amides is 1. The van der Waals surface area contributed by atoms with Crippen LogP contribution in [0.5, 0.6) is 5.75 Å². The molecule has 0 saturated carbocycles. The second kappa shape index (κ2) is 6.61. The van der Waals surface area contributed by atoms with Crippen molar-refractivity contribution in [3.8, 4) is 5.75 Å². The number of aromatic carboxylic acids is 1. The average molecular weight is 293 g/mol. The van der Waals surface area contributed by atoms with Crippen molar-refractivity contribution in [3.63, 3.8) is 0 Å². The molecule has 1 unspecified atom stereocenters. The Morgan fingerprint density at radius 3 is 2.43 bits per heavy atom. The summed E-state index contributed by atoms with van der Waals surface area (Å²) in [4.78, 5) is 23.0. The van der Waals surface area contributed by atoms with Crippen LogP contribution in [-0.4, -0.2) is 24.1 Å². The normalized spacial score (nSPS) is 12.6. The van der Waals surface area contributed by atoms with Crippen LogP contribution in [0.4, 0.5) is 5.69 Å². The van der Waals surface area contributed by atoms with Crippen molar-refractivity contribution in [2.75, 3.05) is 12.4 Å². The maximum atomic E-state index is 12.0. The van der Waals surface area contributed by atoms with Gasteiger partial charge in [0.15, 0.2) is 0 Å². The van der Waals surface area contributed by atoms with Crippen LogP contribution in [0.2, 0.25) is 0 Å². The van der Waals surface area contributed by atoms with E-state index in [4.69, 9.17) is 9.84 Å². The quantitative estimate of drug-likeness (QED) is 0.872. The van der Waals surface area contributed by atoms with E-state index in [2.05, 4.69) is 26.1 Å². The van der Waals surface area contributed by atoms with Crippen LogP contribution in [0.25, 0.3) is 0 Å². The summed E-state index contributed by atoms with van der Waals surface area (Å²) in [5.41, 5.74) is 0.656. The van der Waals surface area contributed by atoms with E-state index in [1.165, 1.54) is 19.2 Å². The molecule has 0 saturated heterocycles. The molecule has 0 fully saturated rings. The fourth-order valence-corrected chi connectivity index (χ4v) is 1.74. The monoisotopic (exact) mass is 293 g/mol.